The molecule has 1 aliphatic heterocycles. The Morgan fingerprint density at radius 1 is 1.00 bits per heavy atom. The fourth-order valence-electron chi connectivity index (χ4n) is 4.29. The summed E-state index contributed by atoms with van der Waals surface area (Å²) in [5.74, 6) is 1.71. The largest absolute Gasteiger partial charge is 0.496 e. The lowest BCUT2D eigenvalue weighted by atomic mass is 9.99. The van der Waals surface area contributed by atoms with Gasteiger partial charge in [-0.25, -0.2) is 4.98 Å². The minimum atomic E-state index is 0.193. The summed E-state index contributed by atoms with van der Waals surface area (Å²) in [4.78, 5) is 9.21. The Balaban J connectivity index is 1.45. The number of aliphatic hydroxyl groups is 1. The summed E-state index contributed by atoms with van der Waals surface area (Å²) < 4.78 is 5.77. The number of nitrogens with one attached hydrogen (secondary N) is 1. The molecule has 8 nitrogen and oxygen atoms in total. The number of pyridine rings is 1. The predicted octanol–water partition coefficient (Wildman–Crippen LogP) is 4.13. The zero-order chi connectivity index (χ0) is 24.0. The van der Waals surface area contributed by atoms with E-state index in [-0.39, 0.29) is 6.61 Å². The number of nitrogens with zero attached hydrogens (tertiary/aromatic N) is 5. The van der Waals surface area contributed by atoms with Gasteiger partial charge in [-0.15, -0.1) is 10.2 Å². The number of methoxy groups -OCH3 is 1. The van der Waals surface area contributed by atoms with E-state index in [2.05, 4.69) is 42.4 Å². The molecule has 0 spiro atoms. The smallest absolute Gasteiger partial charge is 0.210 e. The van der Waals surface area contributed by atoms with Crippen LogP contribution in [0.2, 0.25) is 0 Å². The van der Waals surface area contributed by atoms with Crippen LogP contribution in [0.15, 0.2) is 66.9 Å². The SMILES string of the molecule is COc1cccc(-c2nnc(Nc3ccccc3)s2)c1-c1ccnc(N2CCN(CCO)CC2)c1. The highest BCUT2D eigenvalue weighted by Gasteiger charge is 2.21. The molecule has 0 radical (unpaired) electrons. The van der Waals surface area contributed by atoms with Crippen molar-refractivity contribution < 1.29 is 9.84 Å². The zero-order valence-corrected chi connectivity index (χ0v) is 20.4. The summed E-state index contributed by atoms with van der Waals surface area (Å²) in [6.45, 7) is 4.48. The molecule has 1 saturated heterocycles. The van der Waals surface area contributed by atoms with Gasteiger partial charge < -0.3 is 20.1 Å². The molecule has 5 rings (SSSR count). The molecule has 2 N–H and O–H groups in total. The molecule has 1 fully saturated rings. The van der Waals surface area contributed by atoms with E-state index in [9.17, 15) is 5.11 Å². The quantitative estimate of drug-likeness (QED) is 0.383. The molecule has 35 heavy (non-hydrogen) atoms. The molecule has 180 valence electrons. The van der Waals surface area contributed by atoms with E-state index in [1.165, 1.54) is 11.3 Å². The van der Waals surface area contributed by atoms with Gasteiger partial charge in [-0.05, 0) is 35.9 Å². The highest BCUT2D eigenvalue weighted by atomic mass is 32.1. The van der Waals surface area contributed by atoms with Crippen molar-refractivity contribution in [3.63, 3.8) is 0 Å². The first-order valence-corrected chi connectivity index (χ1v) is 12.4. The highest BCUT2D eigenvalue weighted by Crippen LogP contribution is 2.41. The number of benzene rings is 2. The van der Waals surface area contributed by atoms with Crippen LogP contribution in [0.3, 0.4) is 0 Å². The van der Waals surface area contributed by atoms with Crippen LogP contribution in [0.5, 0.6) is 5.75 Å². The fraction of sp³-hybridized carbons (Fsp3) is 0.269. The second-order valence-electron chi connectivity index (χ2n) is 8.24. The maximum Gasteiger partial charge on any atom is 0.210 e. The summed E-state index contributed by atoms with van der Waals surface area (Å²) in [6, 6.07) is 20.1. The van der Waals surface area contributed by atoms with Crippen molar-refractivity contribution in [2.75, 3.05) is 56.7 Å². The minimum Gasteiger partial charge on any atom is -0.496 e. The van der Waals surface area contributed by atoms with E-state index >= 15 is 0 Å². The Morgan fingerprint density at radius 3 is 2.60 bits per heavy atom. The Kier molecular flexibility index (Phi) is 7.17. The first-order chi connectivity index (χ1) is 17.2. The van der Waals surface area contributed by atoms with Gasteiger partial charge in [0, 0.05) is 55.7 Å². The third kappa shape index (κ3) is 5.27. The maximum absolute atomic E-state index is 9.22. The predicted molar refractivity (Wildman–Crippen MR) is 141 cm³/mol. The Morgan fingerprint density at radius 2 is 1.83 bits per heavy atom. The summed E-state index contributed by atoms with van der Waals surface area (Å²) in [5.41, 5.74) is 3.93. The number of aromatic nitrogens is 3. The summed E-state index contributed by atoms with van der Waals surface area (Å²) in [5, 5.41) is 22.9. The van der Waals surface area contributed by atoms with E-state index in [1.807, 2.05) is 54.7 Å². The van der Waals surface area contributed by atoms with Crippen molar-refractivity contribution in [1.29, 1.82) is 0 Å². The molecule has 0 aliphatic carbocycles. The van der Waals surface area contributed by atoms with E-state index in [4.69, 9.17) is 4.74 Å². The number of ether oxygens (including phenoxy) is 1. The lowest BCUT2D eigenvalue weighted by Crippen LogP contribution is -2.47. The first-order valence-electron chi connectivity index (χ1n) is 11.6. The molecule has 2 aromatic carbocycles. The molecule has 9 heteroatoms. The highest BCUT2D eigenvalue weighted by molar-refractivity contribution is 7.18. The lowest BCUT2D eigenvalue weighted by Gasteiger charge is -2.35. The number of aliphatic hydroxyl groups excluding tert-OH is 1. The molecule has 4 aromatic rings. The summed E-state index contributed by atoms with van der Waals surface area (Å²) in [6.07, 6.45) is 1.85. The first kappa shape index (κ1) is 23.2. The van der Waals surface area contributed by atoms with Crippen molar-refractivity contribution in [1.82, 2.24) is 20.1 Å². The third-order valence-corrected chi connectivity index (χ3v) is 6.95. The van der Waals surface area contributed by atoms with Gasteiger partial charge in [-0.3, -0.25) is 4.90 Å². The second kappa shape index (κ2) is 10.8. The molecule has 1 aliphatic rings. The molecular formula is C26H28N6O2S. The lowest BCUT2D eigenvalue weighted by molar-refractivity contribution is 0.188. The topological polar surface area (TPSA) is 86.6 Å². The standard InChI is InChI=1S/C26H28N6O2S/c1-34-22-9-5-8-21(25-29-30-26(35-25)28-20-6-3-2-4-7-20)24(22)19-10-11-27-23(18-19)32-14-12-31(13-15-32)16-17-33/h2-11,18,33H,12-17H2,1H3,(H,28,30). The van der Waals surface area contributed by atoms with Gasteiger partial charge in [0.15, 0.2) is 0 Å². The number of hydrogen-bond acceptors (Lipinski definition) is 9. The number of rotatable bonds is 8. The van der Waals surface area contributed by atoms with Crippen molar-refractivity contribution in [3.05, 3.63) is 66.9 Å². The van der Waals surface area contributed by atoms with Crippen molar-refractivity contribution >= 4 is 28.0 Å². The van der Waals surface area contributed by atoms with Crippen LogP contribution in [0.1, 0.15) is 0 Å². The molecule has 0 amide bonds. The van der Waals surface area contributed by atoms with Gasteiger partial charge in [0.05, 0.1) is 13.7 Å². The average molecular weight is 489 g/mol. The van der Waals surface area contributed by atoms with Gasteiger partial charge in [0.25, 0.3) is 0 Å². The second-order valence-corrected chi connectivity index (χ2v) is 9.22. The van der Waals surface area contributed by atoms with E-state index in [0.717, 1.165) is 76.8 Å². The van der Waals surface area contributed by atoms with Crippen LogP contribution in [-0.2, 0) is 0 Å². The summed E-state index contributed by atoms with van der Waals surface area (Å²) in [7, 11) is 1.69. The molecule has 0 atom stereocenters. The maximum atomic E-state index is 9.22. The Hall–Kier alpha value is -3.53. The van der Waals surface area contributed by atoms with Gasteiger partial charge in [0.1, 0.15) is 16.6 Å². The number of para-hydroxylation sites is 1. The average Bonchev–Trinajstić information content (AvgIpc) is 3.38. The van der Waals surface area contributed by atoms with Crippen molar-refractivity contribution in [2.45, 2.75) is 0 Å². The van der Waals surface area contributed by atoms with Gasteiger partial charge in [-0.1, -0.05) is 41.7 Å². The minimum absolute atomic E-state index is 0.193. The van der Waals surface area contributed by atoms with Crippen LogP contribution >= 0.6 is 11.3 Å². The monoisotopic (exact) mass is 488 g/mol. The van der Waals surface area contributed by atoms with Crippen molar-refractivity contribution in [2.24, 2.45) is 0 Å². The Labute approximate surface area is 208 Å². The van der Waals surface area contributed by atoms with E-state index in [0.29, 0.717) is 0 Å². The van der Waals surface area contributed by atoms with E-state index < -0.39 is 0 Å². The van der Waals surface area contributed by atoms with Crippen molar-refractivity contribution in [3.8, 4) is 27.4 Å². The number of anilines is 3. The number of β-amino-alcohol motifs (C(OH)–C–C–N with tert-alkyl or cyclic N) is 1. The zero-order valence-electron chi connectivity index (χ0n) is 19.6. The Bertz CT molecular complexity index is 1260. The fourth-order valence-corrected chi connectivity index (χ4v) is 5.09. The van der Waals surface area contributed by atoms with Crippen LogP contribution in [0, 0.1) is 0 Å². The van der Waals surface area contributed by atoms with Crippen LogP contribution in [0.25, 0.3) is 21.7 Å². The molecule has 2 aromatic heterocycles. The van der Waals surface area contributed by atoms with Crippen LogP contribution in [0.4, 0.5) is 16.6 Å². The molecule has 3 heterocycles. The van der Waals surface area contributed by atoms with Crippen LogP contribution in [-0.4, -0.2) is 71.6 Å². The van der Waals surface area contributed by atoms with E-state index in [1.54, 1.807) is 7.11 Å². The van der Waals surface area contributed by atoms with Crippen LogP contribution < -0.4 is 15.0 Å². The number of hydrogen-bond donors (Lipinski definition) is 2. The van der Waals surface area contributed by atoms with Gasteiger partial charge in [-0.2, -0.15) is 0 Å². The molecule has 0 bridgehead atoms. The van der Waals surface area contributed by atoms with Gasteiger partial charge in [0.2, 0.25) is 5.13 Å². The number of piperazine rings is 1. The summed E-state index contributed by atoms with van der Waals surface area (Å²) >= 11 is 1.51. The molecule has 0 unspecified atom stereocenters. The molecular weight excluding hydrogens is 460 g/mol. The third-order valence-electron chi connectivity index (χ3n) is 6.07. The normalized spacial score (nSPS) is 14.2. The van der Waals surface area contributed by atoms with Gasteiger partial charge >= 0.3 is 0 Å². The molecule has 0 saturated carbocycles.